The lowest BCUT2D eigenvalue weighted by atomic mass is 10.1. The van der Waals surface area contributed by atoms with Crippen molar-refractivity contribution in [1.82, 2.24) is 4.98 Å². The van der Waals surface area contributed by atoms with Gasteiger partial charge >= 0.3 is 0 Å². The lowest BCUT2D eigenvalue weighted by molar-refractivity contribution is 0.611. The first kappa shape index (κ1) is 9.16. The smallest absolute Gasteiger partial charge is 0.134 e. The van der Waals surface area contributed by atoms with E-state index in [9.17, 15) is 0 Å². The second-order valence-corrected chi connectivity index (χ2v) is 3.80. The highest BCUT2D eigenvalue weighted by Gasteiger charge is 2.05. The molecule has 0 aliphatic rings. The van der Waals surface area contributed by atoms with Crippen LogP contribution in [0.25, 0.3) is 11.0 Å². The van der Waals surface area contributed by atoms with Crippen molar-refractivity contribution in [2.75, 3.05) is 0 Å². The number of rotatable bonds is 2. The third-order valence-electron chi connectivity index (χ3n) is 2.68. The third-order valence-corrected chi connectivity index (χ3v) is 2.68. The molecule has 2 heterocycles. The third kappa shape index (κ3) is 1.58. The van der Waals surface area contributed by atoms with E-state index in [1.165, 1.54) is 16.5 Å². The van der Waals surface area contributed by atoms with Gasteiger partial charge in [-0.05, 0) is 17.7 Å². The van der Waals surface area contributed by atoms with Crippen LogP contribution in [0.5, 0.6) is 0 Å². The molecule has 0 aliphatic heterocycles. The molecule has 0 atom stereocenters. The largest absolute Gasteiger partial charge is 0.464 e. The van der Waals surface area contributed by atoms with Crippen LogP contribution in [0.1, 0.15) is 11.1 Å². The SMILES string of the molecule is c1cncc(Cc2coc3ccccc23)c1. The first-order chi connectivity index (χ1) is 7.93. The Morgan fingerprint density at radius 1 is 1.06 bits per heavy atom. The number of hydrogen-bond donors (Lipinski definition) is 0. The Kier molecular flexibility index (Phi) is 2.18. The van der Waals surface area contributed by atoms with Gasteiger partial charge in [0.25, 0.3) is 0 Å². The first-order valence-corrected chi connectivity index (χ1v) is 5.27. The van der Waals surface area contributed by atoms with Crippen molar-refractivity contribution in [1.29, 1.82) is 0 Å². The Morgan fingerprint density at radius 2 is 2.00 bits per heavy atom. The molecule has 0 saturated heterocycles. The summed E-state index contributed by atoms with van der Waals surface area (Å²) in [5, 5.41) is 1.19. The quantitative estimate of drug-likeness (QED) is 0.646. The summed E-state index contributed by atoms with van der Waals surface area (Å²) in [6, 6.07) is 12.1. The van der Waals surface area contributed by atoms with Gasteiger partial charge in [-0.3, -0.25) is 4.98 Å². The molecule has 0 spiro atoms. The molecule has 0 fully saturated rings. The molecule has 0 radical (unpaired) electrons. The van der Waals surface area contributed by atoms with Gasteiger partial charge in [-0.1, -0.05) is 24.3 Å². The highest BCUT2D eigenvalue weighted by atomic mass is 16.3. The van der Waals surface area contributed by atoms with Crippen LogP contribution in [0.4, 0.5) is 0 Å². The topological polar surface area (TPSA) is 26.0 Å². The normalized spacial score (nSPS) is 10.8. The molecule has 78 valence electrons. The van der Waals surface area contributed by atoms with E-state index >= 15 is 0 Å². The van der Waals surface area contributed by atoms with E-state index in [0.717, 1.165) is 12.0 Å². The monoisotopic (exact) mass is 209 g/mol. The Bertz CT molecular complexity index is 598. The summed E-state index contributed by atoms with van der Waals surface area (Å²) < 4.78 is 5.50. The van der Waals surface area contributed by atoms with Gasteiger partial charge in [0.05, 0.1) is 6.26 Å². The van der Waals surface area contributed by atoms with Gasteiger partial charge in [0, 0.05) is 29.8 Å². The fraction of sp³-hybridized carbons (Fsp3) is 0.0714. The number of para-hydroxylation sites is 1. The molecule has 1 aromatic carbocycles. The Hall–Kier alpha value is -2.09. The fourth-order valence-electron chi connectivity index (χ4n) is 1.89. The summed E-state index contributed by atoms with van der Waals surface area (Å²) in [5.74, 6) is 0. The maximum absolute atomic E-state index is 5.50. The maximum Gasteiger partial charge on any atom is 0.134 e. The second-order valence-electron chi connectivity index (χ2n) is 3.80. The number of fused-ring (bicyclic) bond motifs is 1. The molecule has 16 heavy (non-hydrogen) atoms. The predicted octanol–water partition coefficient (Wildman–Crippen LogP) is 3.42. The number of nitrogens with zero attached hydrogens (tertiary/aromatic N) is 1. The minimum Gasteiger partial charge on any atom is -0.464 e. The molecule has 2 aromatic heterocycles. The summed E-state index contributed by atoms with van der Waals surface area (Å²) in [6.45, 7) is 0. The minimum atomic E-state index is 0.866. The zero-order valence-electron chi connectivity index (χ0n) is 8.76. The molecule has 0 saturated carbocycles. The van der Waals surface area contributed by atoms with Crippen molar-refractivity contribution in [3.05, 3.63) is 66.2 Å². The zero-order valence-corrected chi connectivity index (χ0v) is 8.76. The minimum absolute atomic E-state index is 0.866. The van der Waals surface area contributed by atoms with Crippen LogP contribution in [0, 0.1) is 0 Å². The van der Waals surface area contributed by atoms with Gasteiger partial charge in [0.2, 0.25) is 0 Å². The first-order valence-electron chi connectivity index (χ1n) is 5.27. The van der Waals surface area contributed by atoms with Gasteiger partial charge in [-0.15, -0.1) is 0 Å². The molecule has 3 rings (SSSR count). The van der Waals surface area contributed by atoms with Crippen molar-refractivity contribution in [3.8, 4) is 0 Å². The van der Waals surface area contributed by atoms with Crippen molar-refractivity contribution >= 4 is 11.0 Å². The number of furan rings is 1. The molecular weight excluding hydrogens is 198 g/mol. The molecule has 0 bridgehead atoms. The van der Waals surface area contributed by atoms with E-state index in [-0.39, 0.29) is 0 Å². The van der Waals surface area contributed by atoms with Crippen LogP contribution < -0.4 is 0 Å². The van der Waals surface area contributed by atoms with E-state index in [1.54, 1.807) is 6.20 Å². The fourth-order valence-corrected chi connectivity index (χ4v) is 1.89. The zero-order chi connectivity index (χ0) is 10.8. The Morgan fingerprint density at radius 3 is 2.88 bits per heavy atom. The van der Waals surface area contributed by atoms with Gasteiger partial charge in [0.15, 0.2) is 0 Å². The van der Waals surface area contributed by atoms with Crippen LogP contribution in [0.3, 0.4) is 0 Å². The van der Waals surface area contributed by atoms with Crippen molar-refractivity contribution < 1.29 is 4.42 Å². The Labute approximate surface area is 93.5 Å². The molecule has 0 aliphatic carbocycles. The summed E-state index contributed by atoms with van der Waals surface area (Å²) >= 11 is 0. The van der Waals surface area contributed by atoms with E-state index in [2.05, 4.69) is 17.1 Å². The van der Waals surface area contributed by atoms with E-state index in [0.29, 0.717) is 0 Å². The highest BCUT2D eigenvalue weighted by Crippen LogP contribution is 2.22. The average Bonchev–Trinajstić information content (AvgIpc) is 2.74. The molecule has 0 N–H and O–H groups in total. The van der Waals surface area contributed by atoms with Crippen molar-refractivity contribution in [3.63, 3.8) is 0 Å². The molecule has 2 heteroatoms. The maximum atomic E-state index is 5.50. The van der Waals surface area contributed by atoms with E-state index in [4.69, 9.17) is 4.42 Å². The Balaban J connectivity index is 2.01. The van der Waals surface area contributed by atoms with E-state index < -0.39 is 0 Å². The number of benzene rings is 1. The number of hydrogen-bond acceptors (Lipinski definition) is 2. The molecule has 3 aromatic rings. The molecular formula is C14H11NO. The summed E-state index contributed by atoms with van der Waals surface area (Å²) in [7, 11) is 0. The summed E-state index contributed by atoms with van der Waals surface area (Å²) in [5.41, 5.74) is 3.36. The van der Waals surface area contributed by atoms with Gasteiger partial charge in [0.1, 0.15) is 5.58 Å². The number of aromatic nitrogens is 1. The van der Waals surface area contributed by atoms with Crippen LogP contribution >= 0.6 is 0 Å². The summed E-state index contributed by atoms with van der Waals surface area (Å²) in [6.07, 6.45) is 6.38. The average molecular weight is 209 g/mol. The molecule has 2 nitrogen and oxygen atoms in total. The predicted molar refractivity (Wildman–Crippen MR) is 63.3 cm³/mol. The van der Waals surface area contributed by atoms with Crippen LogP contribution in [0.15, 0.2) is 59.5 Å². The van der Waals surface area contributed by atoms with E-state index in [1.807, 2.05) is 36.7 Å². The van der Waals surface area contributed by atoms with Crippen LogP contribution in [-0.4, -0.2) is 4.98 Å². The highest BCUT2D eigenvalue weighted by molar-refractivity contribution is 5.81. The second kappa shape index (κ2) is 3.81. The van der Waals surface area contributed by atoms with Crippen molar-refractivity contribution in [2.24, 2.45) is 0 Å². The van der Waals surface area contributed by atoms with Crippen LogP contribution in [0.2, 0.25) is 0 Å². The van der Waals surface area contributed by atoms with Gasteiger partial charge in [-0.2, -0.15) is 0 Å². The standard InChI is InChI=1S/C14H11NO/c1-2-6-14-13(5-1)12(10-16-14)8-11-4-3-7-15-9-11/h1-7,9-10H,8H2. The number of pyridine rings is 1. The van der Waals surface area contributed by atoms with Crippen LogP contribution in [-0.2, 0) is 6.42 Å². The molecule has 0 unspecified atom stereocenters. The molecule has 0 amide bonds. The lowest BCUT2D eigenvalue weighted by Crippen LogP contribution is -1.86. The van der Waals surface area contributed by atoms with Crippen molar-refractivity contribution in [2.45, 2.75) is 6.42 Å². The van der Waals surface area contributed by atoms with Gasteiger partial charge < -0.3 is 4.42 Å². The lowest BCUT2D eigenvalue weighted by Gasteiger charge is -1.97. The summed E-state index contributed by atoms with van der Waals surface area (Å²) in [4.78, 5) is 4.11. The van der Waals surface area contributed by atoms with Gasteiger partial charge in [-0.25, -0.2) is 0 Å².